The Morgan fingerprint density at radius 3 is 0.792 bits per heavy atom. The van der Waals surface area contributed by atoms with Gasteiger partial charge in [-0.25, -0.2) is 9.13 Å². The molecule has 0 aliphatic heterocycles. The fourth-order valence-corrected chi connectivity index (χ4v) is 13.3. The number of aliphatic hydroxyl groups is 1. The van der Waals surface area contributed by atoms with E-state index in [1.807, 2.05) is 0 Å². The van der Waals surface area contributed by atoms with Crippen LogP contribution in [0, 0.1) is 17.8 Å². The molecule has 0 aliphatic rings. The molecule has 7 atom stereocenters. The lowest BCUT2D eigenvalue weighted by Crippen LogP contribution is -2.30. The van der Waals surface area contributed by atoms with Crippen molar-refractivity contribution in [3.8, 4) is 0 Å². The number of phosphoric ester groups is 2. The Bertz CT molecular complexity index is 1870. The summed E-state index contributed by atoms with van der Waals surface area (Å²) in [5.74, 6) is 0.300. The Morgan fingerprint density at radius 2 is 0.531 bits per heavy atom. The highest BCUT2D eigenvalue weighted by Gasteiger charge is 2.30. The Balaban J connectivity index is 5.17. The maximum atomic E-state index is 13.1. The fraction of sp³-hybridized carbons (Fsp3) is 0.948. The summed E-state index contributed by atoms with van der Waals surface area (Å²) in [5.41, 5.74) is 0. The van der Waals surface area contributed by atoms with Crippen molar-refractivity contribution in [2.45, 2.75) is 414 Å². The lowest BCUT2D eigenvalue weighted by Gasteiger charge is -2.21. The highest BCUT2D eigenvalue weighted by atomic mass is 31.2. The van der Waals surface area contributed by atoms with Gasteiger partial charge in [0.05, 0.1) is 26.4 Å². The number of phosphoric acid groups is 2. The van der Waals surface area contributed by atoms with Crippen LogP contribution in [0.15, 0.2) is 0 Å². The summed E-state index contributed by atoms with van der Waals surface area (Å²) in [6, 6.07) is 0. The van der Waals surface area contributed by atoms with Crippen molar-refractivity contribution in [2.75, 3.05) is 39.6 Å². The number of rotatable bonds is 75. The third kappa shape index (κ3) is 67.9. The summed E-state index contributed by atoms with van der Waals surface area (Å²) in [6.07, 6.45) is 54.2. The molecule has 0 saturated carbocycles. The molecule has 0 heterocycles. The quantitative estimate of drug-likeness (QED) is 0.0222. The average Bonchev–Trinajstić information content (AvgIpc) is 1.14. The molecule has 570 valence electrons. The van der Waals surface area contributed by atoms with Gasteiger partial charge in [-0.15, -0.1) is 0 Å². The summed E-state index contributed by atoms with van der Waals surface area (Å²) in [5, 5.41) is 10.6. The van der Waals surface area contributed by atoms with Crippen LogP contribution in [0.25, 0.3) is 0 Å². The number of carbonyl (C=O) groups is 4. The van der Waals surface area contributed by atoms with Crippen LogP contribution in [0.5, 0.6) is 0 Å². The summed E-state index contributed by atoms with van der Waals surface area (Å²) in [7, 11) is -9.91. The average molecular weight is 1410 g/mol. The molecule has 0 fully saturated rings. The topological polar surface area (TPSA) is 237 Å². The standard InChI is InChI=1S/C77H150O17P2/c1-8-11-12-13-34-44-51-58-74(79)87-64-72(94-77(82)61-54-47-40-33-32-37-43-50-57-70(7)10-3)66-91-95(83,84)89-62-71(78)63-90-96(85,86)92-67-73(65-88-75(80)59-52-45-38-30-26-23-22-24-28-35-41-48-55-68(4)5)93-76(81)60-53-46-39-31-27-21-19-17-15-14-16-18-20-25-29-36-42-49-56-69(6)9-2/h68-73,78H,8-67H2,1-7H3,(H,83,84)(H,85,86)/t69?,70?,71-,72+,73+/m0/s1. The van der Waals surface area contributed by atoms with E-state index in [0.717, 1.165) is 120 Å². The Morgan fingerprint density at radius 1 is 0.302 bits per heavy atom. The van der Waals surface area contributed by atoms with E-state index in [1.54, 1.807) is 0 Å². The van der Waals surface area contributed by atoms with Crippen molar-refractivity contribution >= 4 is 39.5 Å². The minimum absolute atomic E-state index is 0.105. The van der Waals surface area contributed by atoms with Crippen molar-refractivity contribution in [3.05, 3.63) is 0 Å². The van der Waals surface area contributed by atoms with Crippen LogP contribution in [0.4, 0.5) is 0 Å². The number of unbranched alkanes of at least 4 members (excludes halogenated alkanes) is 41. The maximum Gasteiger partial charge on any atom is 0.472 e. The molecule has 19 heteroatoms. The second-order valence-electron chi connectivity index (χ2n) is 28.7. The van der Waals surface area contributed by atoms with Crippen LogP contribution in [-0.4, -0.2) is 96.7 Å². The molecule has 3 N–H and O–H groups in total. The van der Waals surface area contributed by atoms with Crippen molar-refractivity contribution in [1.82, 2.24) is 0 Å². The van der Waals surface area contributed by atoms with Gasteiger partial charge in [-0.2, -0.15) is 0 Å². The normalized spacial score (nSPS) is 14.6. The molecule has 0 spiro atoms. The highest BCUT2D eigenvalue weighted by Crippen LogP contribution is 2.45. The number of carbonyl (C=O) groups excluding carboxylic acids is 4. The summed E-state index contributed by atoms with van der Waals surface area (Å²) in [4.78, 5) is 72.7. The lowest BCUT2D eigenvalue weighted by atomic mass is 9.99. The van der Waals surface area contributed by atoms with Gasteiger partial charge in [0.2, 0.25) is 0 Å². The van der Waals surface area contributed by atoms with Gasteiger partial charge < -0.3 is 33.8 Å². The van der Waals surface area contributed by atoms with E-state index in [1.165, 1.54) is 193 Å². The molecule has 0 amide bonds. The van der Waals surface area contributed by atoms with Crippen molar-refractivity contribution < 1.29 is 80.2 Å². The van der Waals surface area contributed by atoms with Gasteiger partial charge in [0.15, 0.2) is 12.2 Å². The Kier molecular flexibility index (Phi) is 66.2. The summed E-state index contributed by atoms with van der Waals surface area (Å²) >= 11 is 0. The summed E-state index contributed by atoms with van der Waals surface area (Å²) < 4.78 is 68.4. The van der Waals surface area contributed by atoms with Gasteiger partial charge >= 0.3 is 39.5 Å². The molecule has 0 saturated heterocycles. The summed E-state index contributed by atoms with van der Waals surface area (Å²) in [6.45, 7) is 11.9. The van der Waals surface area contributed by atoms with E-state index in [2.05, 4.69) is 48.5 Å². The number of ether oxygens (including phenoxy) is 4. The molecule has 4 unspecified atom stereocenters. The molecular weight excluding hydrogens is 1260 g/mol. The second kappa shape index (κ2) is 67.5. The van der Waals surface area contributed by atoms with Crippen molar-refractivity contribution in [2.24, 2.45) is 17.8 Å². The first-order valence-corrected chi connectivity index (χ1v) is 42.9. The van der Waals surface area contributed by atoms with Crippen LogP contribution in [-0.2, 0) is 65.4 Å². The third-order valence-corrected chi connectivity index (χ3v) is 20.5. The molecule has 0 aromatic heterocycles. The Hall–Kier alpha value is -1.94. The monoisotopic (exact) mass is 1410 g/mol. The first-order chi connectivity index (χ1) is 46.3. The molecule has 0 rings (SSSR count). The highest BCUT2D eigenvalue weighted by molar-refractivity contribution is 7.47. The zero-order chi connectivity index (χ0) is 70.9. The predicted molar refractivity (Wildman–Crippen MR) is 391 cm³/mol. The van der Waals surface area contributed by atoms with E-state index in [4.69, 9.17) is 37.0 Å². The minimum Gasteiger partial charge on any atom is -0.462 e. The first kappa shape index (κ1) is 94.1. The lowest BCUT2D eigenvalue weighted by molar-refractivity contribution is -0.161. The smallest absolute Gasteiger partial charge is 0.462 e. The number of esters is 4. The van der Waals surface area contributed by atoms with Gasteiger partial charge in [0.1, 0.15) is 19.3 Å². The van der Waals surface area contributed by atoms with Crippen LogP contribution in [0.1, 0.15) is 395 Å². The molecule has 96 heavy (non-hydrogen) atoms. The zero-order valence-corrected chi connectivity index (χ0v) is 64.6. The maximum absolute atomic E-state index is 13.1. The van der Waals surface area contributed by atoms with Gasteiger partial charge in [0.25, 0.3) is 0 Å². The molecule has 0 aromatic carbocycles. The zero-order valence-electron chi connectivity index (χ0n) is 62.8. The van der Waals surface area contributed by atoms with Crippen LogP contribution in [0.3, 0.4) is 0 Å². The number of aliphatic hydroxyl groups excluding tert-OH is 1. The first-order valence-electron chi connectivity index (χ1n) is 39.9. The van der Waals surface area contributed by atoms with Crippen LogP contribution < -0.4 is 0 Å². The second-order valence-corrected chi connectivity index (χ2v) is 31.6. The number of hydrogen-bond acceptors (Lipinski definition) is 15. The van der Waals surface area contributed by atoms with E-state index in [-0.39, 0.29) is 25.7 Å². The van der Waals surface area contributed by atoms with E-state index in [9.17, 15) is 43.2 Å². The predicted octanol–water partition coefficient (Wildman–Crippen LogP) is 22.6. The van der Waals surface area contributed by atoms with Crippen LogP contribution in [0.2, 0.25) is 0 Å². The third-order valence-electron chi connectivity index (χ3n) is 18.6. The molecule has 0 aromatic rings. The van der Waals surface area contributed by atoms with E-state index < -0.39 is 97.5 Å². The SMILES string of the molecule is CCCCCCCCCC(=O)OC[C@H](COP(=O)(O)OC[C@H](O)COP(=O)(O)OC[C@@H](COC(=O)CCCCCCCCCCCCCCC(C)C)OC(=O)CCCCCCCCCCCCCCCCCCCCC(C)CC)OC(=O)CCCCCCCCCCC(C)CC. The molecule has 0 bridgehead atoms. The molecule has 0 radical (unpaired) electrons. The largest absolute Gasteiger partial charge is 0.472 e. The van der Waals surface area contributed by atoms with E-state index in [0.29, 0.717) is 25.7 Å². The fourth-order valence-electron chi connectivity index (χ4n) is 11.7. The van der Waals surface area contributed by atoms with Gasteiger partial charge in [-0.1, -0.05) is 344 Å². The van der Waals surface area contributed by atoms with Crippen LogP contribution >= 0.6 is 15.6 Å². The van der Waals surface area contributed by atoms with Gasteiger partial charge in [-0.3, -0.25) is 37.3 Å². The number of hydrogen-bond donors (Lipinski definition) is 3. The van der Waals surface area contributed by atoms with Crippen molar-refractivity contribution in [1.29, 1.82) is 0 Å². The van der Waals surface area contributed by atoms with Gasteiger partial charge in [0, 0.05) is 25.7 Å². The molecular formula is C77H150O17P2. The van der Waals surface area contributed by atoms with Gasteiger partial charge in [-0.05, 0) is 43.4 Å². The van der Waals surface area contributed by atoms with Crippen molar-refractivity contribution in [3.63, 3.8) is 0 Å². The Labute approximate surface area is 588 Å². The van der Waals surface area contributed by atoms with E-state index >= 15 is 0 Å². The molecule has 17 nitrogen and oxygen atoms in total. The minimum atomic E-state index is -4.96. The molecule has 0 aliphatic carbocycles.